The molecule has 3 atom stereocenters. The van der Waals surface area contributed by atoms with Gasteiger partial charge >= 0.3 is 24.1 Å². The van der Waals surface area contributed by atoms with Gasteiger partial charge in [0.05, 0.1) is 46.3 Å². The summed E-state index contributed by atoms with van der Waals surface area (Å²) in [5.74, 6) is -1.96. The zero-order valence-electron chi connectivity index (χ0n) is 29.3. The van der Waals surface area contributed by atoms with Crippen LogP contribution >= 0.6 is 22.7 Å². The molecule has 278 valence electrons. The molecule has 0 fully saturated rings. The maximum atomic E-state index is 13.3. The van der Waals surface area contributed by atoms with Gasteiger partial charge in [0, 0.05) is 44.1 Å². The van der Waals surface area contributed by atoms with Crippen molar-refractivity contribution in [3.63, 3.8) is 0 Å². The number of benzene rings is 2. The molecule has 0 radical (unpaired) electrons. The lowest BCUT2D eigenvalue weighted by molar-refractivity contribution is -0.155. The number of aromatic nitrogens is 2. The second-order valence-electron chi connectivity index (χ2n) is 11.8. The molecule has 52 heavy (non-hydrogen) atoms. The maximum Gasteiger partial charge on any atom is 0.407 e. The van der Waals surface area contributed by atoms with E-state index in [4.69, 9.17) is 18.9 Å². The normalized spacial score (nSPS) is 12.7. The molecule has 0 saturated heterocycles. The fourth-order valence-corrected chi connectivity index (χ4v) is 6.51. The Hall–Kier alpha value is -4.86. The monoisotopic (exact) mass is 751 g/mol. The third-order valence-corrected chi connectivity index (χ3v) is 9.23. The summed E-state index contributed by atoms with van der Waals surface area (Å²) in [4.78, 5) is 63.9. The van der Waals surface area contributed by atoms with E-state index < -0.39 is 42.1 Å². The van der Waals surface area contributed by atoms with Gasteiger partial charge in [0.15, 0.2) is 0 Å². The van der Waals surface area contributed by atoms with E-state index in [1.165, 1.54) is 22.7 Å². The SMILES string of the molecule is CCOC(=O)CC(CN(CC(Cc1ccccc1)NC(=O)OCc1cncs1)CC(Cc1ccccc1)NC(=O)OCc1cncs1)C(=O)OCC. The first-order chi connectivity index (χ1) is 25.3. The number of hydrogen-bond donors (Lipinski definition) is 2. The van der Waals surface area contributed by atoms with E-state index in [-0.39, 0.29) is 52.5 Å². The van der Waals surface area contributed by atoms with E-state index >= 15 is 0 Å². The van der Waals surface area contributed by atoms with Gasteiger partial charge in [-0.2, -0.15) is 0 Å². The Morgan fingerprint density at radius 2 is 1.15 bits per heavy atom. The highest BCUT2D eigenvalue weighted by Crippen LogP contribution is 2.16. The first kappa shape index (κ1) is 39.9. The van der Waals surface area contributed by atoms with Gasteiger partial charge in [-0.05, 0) is 37.8 Å². The first-order valence-electron chi connectivity index (χ1n) is 17.0. The van der Waals surface area contributed by atoms with Crippen LogP contribution in [-0.2, 0) is 54.6 Å². The van der Waals surface area contributed by atoms with Crippen molar-refractivity contribution in [2.75, 3.05) is 32.8 Å². The van der Waals surface area contributed by atoms with E-state index in [1.54, 1.807) is 37.3 Å². The molecular formula is C37H45N5O8S2. The number of esters is 2. The number of hydrogen-bond acceptors (Lipinski definition) is 13. The minimum absolute atomic E-state index is 0.0649. The topological polar surface area (TPSA) is 158 Å². The summed E-state index contributed by atoms with van der Waals surface area (Å²) >= 11 is 2.76. The van der Waals surface area contributed by atoms with Crippen molar-refractivity contribution >= 4 is 46.8 Å². The van der Waals surface area contributed by atoms with E-state index in [2.05, 4.69) is 20.6 Å². The van der Waals surface area contributed by atoms with Crippen LogP contribution in [0.5, 0.6) is 0 Å². The minimum Gasteiger partial charge on any atom is -0.466 e. The Balaban J connectivity index is 1.61. The summed E-state index contributed by atoms with van der Waals surface area (Å²) in [6, 6.07) is 18.3. The molecule has 2 aromatic heterocycles. The van der Waals surface area contributed by atoms with Gasteiger partial charge in [-0.15, -0.1) is 22.7 Å². The molecule has 4 aromatic rings. The lowest BCUT2D eigenvalue weighted by atomic mass is 10.0. The average molecular weight is 752 g/mol. The van der Waals surface area contributed by atoms with Gasteiger partial charge in [0.1, 0.15) is 13.2 Å². The number of carbonyl (C=O) groups is 4. The molecule has 0 aliphatic rings. The number of rotatable bonds is 21. The van der Waals surface area contributed by atoms with Crippen molar-refractivity contribution in [3.8, 4) is 0 Å². The van der Waals surface area contributed by atoms with Gasteiger partial charge < -0.3 is 29.6 Å². The van der Waals surface area contributed by atoms with Crippen molar-refractivity contribution in [1.82, 2.24) is 25.5 Å². The number of amides is 2. The molecule has 0 bridgehead atoms. The van der Waals surface area contributed by atoms with Gasteiger partial charge in [0.2, 0.25) is 0 Å². The molecule has 15 heteroatoms. The number of carbonyl (C=O) groups excluding carboxylic acids is 4. The van der Waals surface area contributed by atoms with Crippen LogP contribution in [0.1, 0.15) is 41.1 Å². The molecule has 2 N–H and O–H groups in total. The average Bonchev–Trinajstić information content (AvgIpc) is 3.86. The van der Waals surface area contributed by atoms with Crippen molar-refractivity contribution in [1.29, 1.82) is 0 Å². The Kier molecular flexibility index (Phi) is 17.0. The number of nitrogens with zero attached hydrogens (tertiary/aromatic N) is 3. The summed E-state index contributed by atoms with van der Waals surface area (Å²) in [5.41, 5.74) is 5.26. The van der Waals surface area contributed by atoms with Crippen LogP contribution in [0.4, 0.5) is 9.59 Å². The summed E-state index contributed by atoms with van der Waals surface area (Å²) in [5, 5.41) is 6.01. The van der Waals surface area contributed by atoms with E-state index in [0.717, 1.165) is 20.9 Å². The lowest BCUT2D eigenvalue weighted by Gasteiger charge is -2.33. The Morgan fingerprint density at radius 3 is 1.58 bits per heavy atom. The molecule has 0 aliphatic heterocycles. The molecule has 3 unspecified atom stereocenters. The van der Waals surface area contributed by atoms with Crippen molar-refractivity contribution < 1.29 is 38.1 Å². The highest BCUT2D eigenvalue weighted by Gasteiger charge is 2.30. The highest BCUT2D eigenvalue weighted by molar-refractivity contribution is 7.09. The second kappa shape index (κ2) is 22.2. The third-order valence-electron chi connectivity index (χ3n) is 7.73. The van der Waals surface area contributed by atoms with Crippen LogP contribution in [0.15, 0.2) is 84.1 Å². The molecule has 0 spiro atoms. The third kappa shape index (κ3) is 14.8. The number of thiazole rings is 2. The molecular weight excluding hydrogens is 707 g/mol. The number of ether oxygens (including phenoxy) is 4. The predicted octanol–water partition coefficient (Wildman–Crippen LogP) is 5.41. The Morgan fingerprint density at radius 1 is 0.673 bits per heavy atom. The molecule has 4 rings (SSSR count). The fraction of sp³-hybridized carbons (Fsp3) is 0.405. The number of alkyl carbamates (subject to hydrolysis) is 2. The lowest BCUT2D eigenvalue weighted by Crippen LogP contribution is -2.52. The van der Waals surface area contributed by atoms with Crippen LogP contribution in [-0.4, -0.2) is 83.9 Å². The standard InChI is InChI=1S/C37H45N5O8S2/c1-3-47-34(43)17-29(35(44)48-4-2)20-42(21-30(15-27-11-7-5-8-12-27)40-36(45)49-23-32-18-38-25-51-32)22-31(16-28-13-9-6-10-14-28)41-37(46)50-24-33-19-39-26-52-33/h5-14,18-19,25-26,29-31H,3-4,15-17,20-24H2,1-2H3,(H,40,45)(H,41,46). The molecule has 2 amide bonds. The Labute approximate surface area is 311 Å². The van der Waals surface area contributed by atoms with Gasteiger partial charge in [-0.25, -0.2) is 9.59 Å². The summed E-state index contributed by atoms with van der Waals surface area (Å²) in [6.45, 7) is 4.35. The largest absolute Gasteiger partial charge is 0.466 e. The zero-order valence-corrected chi connectivity index (χ0v) is 30.9. The zero-order chi connectivity index (χ0) is 37.0. The summed E-state index contributed by atoms with van der Waals surface area (Å²) in [6.07, 6.45) is 2.71. The van der Waals surface area contributed by atoms with Crippen LogP contribution in [0.25, 0.3) is 0 Å². The smallest absolute Gasteiger partial charge is 0.407 e. The predicted molar refractivity (Wildman–Crippen MR) is 197 cm³/mol. The minimum atomic E-state index is -0.884. The molecule has 2 heterocycles. The van der Waals surface area contributed by atoms with Crippen molar-refractivity contribution in [3.05, 3.63) is 105 Å². The molecule has 13 nitrogen and oxygen atoms in total. The molecule has 0 saturated carbocycles. The quantitative estimate of drug-likeness (QED) is 0.0829. The molecule has 0 aliphatic carbocycles. The number of nitrogens with one attached hydrogen (secondary N) is 2. The second-order valence-corrected chi connectivity index (χ2v) is 13.8. The van der Waals surface area contributed by atoms with Crippen LogP contribution in [0, 0.1) is 5.92 Å². The van der Waals surface area contributed by atoms with Crippen LogP contribution in [0.2, 0.25) is 0 Å². The summed E-state index contributed by atoms with van der Waals surface area (Å²) < 4.78 is 21.6. The van der Waals surface area contributed by atoms with E-state index in [9.17, 15) is 19.2 Å². The molecule has 2 aromatic carbocycles. The van der Waals surface area contributed by atoms with Crippen molar-refractivity contribution in [2.45, 2.75) is 58.4 Å². The maximum absolute atomic E-state index is 13.3. The van der Waals surface area contributed by atoms with Gasteiger partial charge in [-0.3, -0.25) is 24.5 Å². The highest BCUT2D eigenvalue weighted by atomic mass is 32.1. The van der Waals surface area contributed by atoms with E-state index in [1.807, 2.05) is 65.6 Å². The van der Waals surface area contributed by atoms with Crippen LogP contribution < -0.4 is 10.6 Å². The Bertz CT molecular complexity index is 1530. The fourth-order valence-electron chi connectivity index (χ4n) is 5.50. The first-order valence-corrected chi connectivity index (χ1v) is 18.8. The van der Waals surface area contributed by atoms with Crippen molar-refractivity contribution in [2.24, 2.45) is 5.92 Å². The van der Waals surface area contributed by atoms with Gasteiger partial charge in [-0.1, -0.05) is 60.7 Å². The summed E-state index contributed by atoms with van der Waals surface area (Å²) in [7, 11) is 0. The van der Waals surface area contributed by atoms with Gasteiger partial charge in [0.25, 0.3) is 0 Å². The van der Waals surface area contributed by atoms with Crippen LogP contribution in [0.3, 0.4) is 0 Å². The van der Waals surface area contributed by atoms with E-state index in [0.29, 0.717) is 12.8 Å².